The summed E-state index contributed by atoms with van der Waals surface area (Å²) in [5.74, 6) is 0.904. The topological polar surface area (TPSA) is 51.8 Å². The summed E-state index contributed by atoms with van der Waals surface area (Å²) in [6.07, 6.45) is 7.98. The van der Waals surface area contributed by atoms with Crippen molar-refractivity contribution in [2.45, 2.75) is 25.2 Å². The van der Waals surface area contributed by atoms with Gasteiger partial charge >= 0.3 is 0 Å². The van der Waals surface area contributed by atoms with Crippen LogP contribution in [-0.2, 0) is 0 Å². The second-order valence-electron chi connectivity index (χ2n) is 5.13. The Morgan fingerprint density at radius 3 is 2.86 bits per heavy atom. The van der Waals surface area contributed by atoms with Crippen LogP contribution in [0.2, 0.25) is 0 Å². The van der Waals surface area contributed by atoms with Crippen molar-refractivity contribution in [3.8, 4) is 22.0 Å². The molecule has 1 fully saturated rings. The number of aromatic nitrogens is 3. The van der Waals surface area contributed by atoms with Gasteiger partial charge in [0.1, 0.15) is 22.8 Å². The van der Waals surface area contributed by atoms with Crippen molar-refractivity contribution in [1.82, 2.24) is 15.0 Å². The van der Waals surface area contributed by atoms with Crippen LogP contribution in [0.25, 0.3) is 22.0 Å². The number of pyridine rings is 1. The fourth-order valence-electron chi connectivity index (χ4n) is 2.30. The molecule has 21 heavy (non-hydrogen) atoms. The Morgan fingerprint density at radius 1 is 1.19 bits per heavy atom. The number of rotatable bonds is 3. The van der Waals surface area contributed by atoms with Crippen LogP contribution in [-0.4, -0.2) is 15.0 Å². The average Bonchev–Trinajstić information content (AvgIpc) is 3.05. The van der Waals surface area contributed by atoms with E-state index in [4.69, 9.17) is 4.42 Å². The van der Waals surface area contributed by atoms with Gasteiger partial charge in [-0.05, 0) is 18.9 Å². The molecule has 3 aromatic heterocycles. The predicted octanol–water partition coefficient (Wildman–Crippen LogP) is 4.27. The molecule has 0 saturated heterocycles. The first kappa shape index (κ1) is 12.6. The maximum absolute atomic E-state index is 13.2. The van der Waals surface area contributed by atoms with Gasteiger partial charge < -0.3 is 4.42 Å². The van der Waals surface area contributed by atoms with Gasteiger partial charge in [-0.25, -0.2) is 14.4 Å². The van der Waals surface area contributed by atoms with E-state index in [0.29, 0.717) is 17.2 Å². The summed E-state index contributed by atoms with van der Waals surface area (Å²) in [5.41, 5.74) is 2.12. The van der Waals surface area contributed by atoms with Crippen LogP contribution in [0.1, 0.15) is 31.1 Å². The second kappa shape index (κ2) is 5.04. The largest absolute Gasteiger partial charge is 0.448 e. The van der Waals surface area contributed by atoms with E-state index in [1.165, 1.54) is 30.0 Å². The van der Waals surface area contributed by atoms with E-state index >= 15 is 0 Å². The summed E-state index contributed by atoms with van der Waals surface area (Å²) < 4.78 is 18.7. The van der Waals surface area contributed by atoms with E-state index in [9.17, 15) is 4.39 Å². The summed E-state index contributed by atoms with van der Waals surface area (Å²) >= 11 is 1.47. The summed E-state index contributed by atoms with van der Waals surface area (Å²) in [5, 5.41) is 2.66. The number of hydrogen-bond donors (Lipinski definition) is 0. The lowest BCUT2D eigenvalue weighted by Gasteiger charge is -2.21. The normalized spacial score (nSPS) is 15.1. The maximum atomic E-state index is 13.2. The molecule has 0 bridgehead atoms. The van der Waals surface area contributed by atoms with Crippen LogP contribution in [0.3, 0.4) is 0 Å². The molecule has 1 aliphatic carbocycles. The van der Waals surface area contributed by atoms with Crippen LogP contribution in [0, 0.1) is 5.82 Å². The molecule has 1 aliphatic rings. The molecule has 0 unspecified atom stereocenters. The molecule has 3 heterocycles. The van der Waals surface area contributed by atoms with Crippen molar-refractivity contribution in [2.75, 3.05) is 0 Å². The minimum Gasteiger partial charge on any atom is -0.448 e. The highest BCUT2D eigenvalue weighted by Crippen LogP contribution is 2.37. The SMILES string of the molecule is Fc1cncc(-c2csc(-c3coc(C4CCC4)n3)n2)c1. The van der Waals surface area contributed by atoms with Crippen LogP contribution >= 0.6 is 11.3 Å². The van der Waals surface area contributed by atoms with E-state index in [2.05, 4.69) is 15.0 Å². The van der Waals surface area contributed by atoms with Crippen LogP contribution in [0.15, 0.2) is 34.5 Å². The third-order valence-corrected chi connectivity index (χ3v) is 4.57. The number of halogens is 1. The summed E-state index contributed by atoms with van der Waals surface area (Å²) in [7, 11) is 0. The van der Waals surface area contributed by atoms with Gasteiger partial charge in [-0.3, -0.25) is 4.98 Å². The molecule has 106 valence electrons. The molecule has 4 nitrogen and oxygen atoms in total. The first-order valence-electron chi connectivity index (χ1n) is 6.82. The van der Waals surface area contributed by atoms with Gasteiger partial charge in [-0.2, -0.15) is 0 Å². The smallest absolute Gasteiger partial charge is 0.197 e. The van der Waals surface area contributed by atoms with Gasteiger partial charge in [0.15, 0.2) is 5.89 Å². The Balaban J connectivity index is 1.63. The lowest BCUT2D eigenvalue weighted by atomic mass is 9.85. The monoisotopic (exact) mass is 301 g/mol. The quantitative estimate of drug-likeness (QED) is 0.725. The molecule has 3 aromatic rings. The predicted molar refractivity (Wildman–Crippen MR) is 77.4 cm³/mol. The molecule has 6 heteroatoms. The van der Waals surface area contributed by atoms with Crippen molar-refractivity contribution in [3.63, 3.8) is 0 Å². The van der Waals surface area contributed by atoms with Crippen LogP contribution in [0.5, 0.6) is 0 Å². The standard InChI is InChI=1S/C15H12FN3OS/c16-11-4-10(5-17-6-11)13-8-21-15(19-13)12-7-20-14(18-12)9-2-1-3-9/h4-9H,1-3H2. The molecule has 0 radical (unpaired) electrons. The van der Waals surface area contributed by atoms with Crippen molar-refractivity contribution >= 4 is 11.3 Å². The molecule has 4 rings (SSSR count). The van der Waals surface area contributed by atoms with E-state index in [0.717, 1.165) is 29.4 Å². The van der Waals surface area contributed by atoms with Gasteiger partial charge in [0.25, 0.3) is 0 Å². The fraction of sp³-hybridized carbons (Fsp3) is 0.267. The van der Waals surface area contributed by atoms with Crippen molar-refractivity contribution in [2.24, 2.45) is 0 Å². The third-order valence-electron chi connectivity index (χ3n) is 3.70. The zero-order valence-corrected chi connectivity index (χ0v) is 11.9. The van der Waals surface area contributed by atoms with Gasteiger partial charge in [0, 0.05) is 23.1 Å². The Hall–Kier alpha value is -2.08. The lowest BCUT2D eigenvalue weighted by molar-refractivity contribution is 0.335. The molecule has 0 aliphatic heterocycles. The van der Waals surface area contributed by atoms with Crippen molar-refractivity contribution < 1.29 is 8.81 Å². The molecular weight excluding hydrogens is 289 g/mol. The fourth-order valence-corrected chi connectivity index (χ4v) is 3.08. The molecule has 0 atom stereocenters. The summed E-state index contributed by atoms with van der Waals surface area (Å²) in [6.45, 7) is 0. The van der Waals surface area contributed by atoms with Gasteiger partial charge in [-0.15, -0.1) is 11.3 Å². The molecule has 0 N–H and O–H groups in total. The van der Waals surface area contributed by atoms with E-state index in [1.807, 2.05) is 5.38 Å². The Labute approximate surface area is 124 Å². The summed E-state index contributed by atoms with van der Waals surface area (Å²) in [6, 6.07) is 1.43. The number of nitrogens with zero attached hydrogens (tertiary/aromatic N) is 3. The van der Waals surface area contributed by atoms with E-state index in [1.54, 1.807) is 12.5 Å². The number of hydrogen-bond acceptors (Lipinski definition) is 5. The Kier molecular flexibility index (Phi) is 3.03. The average molecular weight is 301 g/mol. The minimum atomic E-state index is -0.365. The molecule has 0 aromatic carbocycles. The Morgan fingerprint density at radius 2 is 2.10 bits per heavy atom. The third kappa shape index (κ3) is 2.35. The lowest BCUT2D eigenvalue weighted by Crippen LogP contribution is -2.08. The van der Waals surface area contributed by atoms with Crippen molar-refractivity contribution in [3.05, 3.63) is 41.8 Å². The van der Waals surface area contributed by atoms with Crippen molar-refractivity contribution in [1.29, 1.82) is 0 Å². The highest BCUT2D eigenvalue weighted by atomic mass is 32.1. The van der Waals surface area contributed by atoms with Gasteiger partial charge in [0.05, 0.1) is 11.9 Å². The second-order valence-corrected chi connectivity index (χ2v) is 5.99. The maximum Gasteiger partial charge on any atom is 0.197 e. The first-order chi connectivity index (χ1) is 10.3. The van der Waals surface area contributed by atoms with Crippen LogP contribution < -0.4 is 0 Å². The summed E-state index contributed by atoms with van der Waals surface area (Å²) in [4.78, 5) is 12.9. The number of oxazole rings is 1. The Bertz CT molecular complexity index is 779. The zero-order valence-electron chi connectivity index (χ0n) is 11.1. The van der Waals surface area contributed by atoms with Gasteiger partial charge in [-0.1, -0.05) is 6.42 Å². The highest BCUT2D eigenvalue weighted by Gasteiger charge is 2.25. The highest BCUT2D eigenvalue weighted by molar-refractivity contribution is 7.13. The number of thiazole rings is 1. The van der Waals surface area contributed by atoms with Crippen LogP contribution in [0.4, 0.5) is 4.39 Å². The molecule has 0 amide bonds. The first-order valence-corrected chi connectivity index (χ1v) is 7.70. The van der Waals surface area contributed by atoms with E-state index < -0.39 is 0 Å². The zero-order chi connectivity index (χ0) is 14.2. The minimum absolute atomic E-state index is 0.365. The van der Waals surface area contributed by atoms with E-state index in [-0.39, 0.29) is 5.82 Å². The molecular formula is C15H12FN3OS. The van der Waals surface area contributed by atoms with Gasteiger partial charge in [0.2, 0.25) is 0 Å². The molecule has 1 saturated carbocycles. The molecule has 0 spiro atoms.